The first-order chi connectivity index (χ1) is 11.8. The minimum Gasteiger partial charge on any atom is -0.449 e. The number of nitrogens with one attached hydrogen (secondary N) is 1. The molecule has 5 nitrogen and oxygen atoms in total. The molecule has 8 heteroatoms. The largest absolute Gasteiger partial charge is 0.449 e. The predicted molar refractivity (Wildman–Crippen MR) is 93.2 cm³/mol. The van der Waals surface area contributed by atoms with Crippen LogP contribution in [0.3, 0.4) is 0 Å². The second-order valence-corrected chi connectivity index (χ2v) is 6.89. The molecule has 1 N–H and O–H groups in total. The number of carbonyl (C=O) groups is 2. The molecule has 1 fully saturated rings. The lowest BCUT2D eigenvalue weighted by atomic mass is 10.0. The van der Waals surface area contributed by atoms with Gasteiger partial charge in [0.1, 0.15) is 0 Å². The summed E-state index contributed by atoms with van der Waals surface area (Å²) in [4.78, 5) is 26.0. The molecule has 1 aromatic carbocycles. The van der Waals surface area contributed by atoms with Crippen LogP contribution in [0.15, 0.2) is 16.6 Å². The van der Waals surface area contributed by atoms with E-state index < -0.39 is 23.6 Å². The smallest absolute Gasteiger partial charge is 0.410 e. The Morgan fingerprint density at radius 2 is 2.12 bits per heavy atom. The summed E-state index contributed by atoms with van der Waals surface area (Å²) >= 11 is 2.91. The van der Waals surface area contributed by atoms with Gasteiger partial charge in [0.15, 0.2) is 11.6 Å². The second-order valence-electron chi connectivity index (χ2n) is 6.04. The highest BCUT2D eigenvalue weighted by atomic mass is 79.9. The standard InChI is InChI=1S/C17H21BrF2N2O3/c1-3-4-7-25-17(24)22-6-5-12(10(22)2)16(23)21-11-8-13(18)15(20)14(19)9-11/h8-10,12H,3-7H2,1-2H3,(H,21,23)/t10-,12-/m0/s1. The third-order valence-corrected chi connectivity index (χ3v) is 4.88. The quantitative estimate of drug-likeness (QED) is 0.572. The molecular formula is C17H21BrF2N2O3. The Balaban J connectivity index is 1.98. The number of unbranched alkanes of at least 4 members (excludes halogenated alkanes) is 1. The summed E-state index contributed by atoms with van der Waals surface area (Å²) in [6.45, 7) is 4.56. The van der Waals surface area contributed by atoms with E-state index in [0.717, 1.165) is 18.9 Å². The SMILES string of the molecule is CCCCOC(=O)N1CC[C@H](C(=O)Nc2cc(F)c(F)c(Br)c2)[C@@H]1C. The van der Waals surface area contributed by atoms with E-state index in [0.29, 0.717) is 19.6 Å². The number of halogens is 3. The van der Waals surface area contributed by atoms with Gasteiger partial charge in [-0.1, -0.05) is 13.3 Å². The molecule has 0 saturated carbocycles. The van der Waals surface area contributed by atoms with E-state index in [1.807, 2.05) is 6.92 Å². The molecule has 0 radical (unpaired) electrons. The summed E-state index contributed by atoms with van der Waals surface area (Å²) in [5.74, 6) is -2.83. The first-order valence-corrected chi connectivity index (χ1v) is 9.03. The molecule has 138 valence electrons. The van der Waals surface area contributed by atoms with Crippen LogP contribution in [0.2, 0.25) is 0 Å². The molecule has 1 heterocycles. The van der Waals surface area contributed by atoms with E-state index in [1.54, 1.807) is 6.92 Å². The van der Waals surface area contributed by atoms with Crippen molar-refractivity contribution in [3.63, 3.8) is 0 Å². The lowest BCUT2D eigenvalue weighted by Gasteiger charge is -2.23. The third-order valence-electron chi connectivity index (χ3n) is 4.30. The van der Waals surface area contributed by atoms with Crippen molar-refractivity contribution in [1.82, 2.24) is 4.90 Å². The Morgan fingerprint density at radius 1 is 1.40 bits per heavy atom. The normalized spacial score (nSPS) is 19.8. The summed E-state index contributed by atoms with van der Waals surface area (Å²) in [7, 11) is 0. The van der Waals surface area contributed by atoms with Gasteiger partial charge >= 0.3 is 6.09 Å². The molecule has 1 aromatic rings. The monoisotopic (exact) mass is 418 g/mol. The Bertz CT molecular complexity index is 634. The van der Waals surface area contributed by atoms with Crippen LogP contribution in [-0.2, 0) is 9.53 Å². The van der Waals surface area contributed by atoms with Crippen molar-refractivity contribution in [1.29, 1.82) is 0 Å². The Labute approximate surface area is 153 Å². The summed E-state index contributed by atoms with van der Waals surface area (Å²) in [5.41, 5.74) is 0.159. The average molecular weight is 419 g/mol. The van der Waals surface area contributed by atoms with Gasteiger partial charge in [-0.2, -0.15) is 0 Å². The highest BCUT2D eigenvalue weighted by Crippen LogP contribution is 2.28. The van der Waals surface area contributed by atoms with Gasteiger partial charge in [-0.25, -0.2) is 13.6 Å². The molecule has 2 rings (SSSR count). The van der Waals surface area contributed by atoms with Crippen molar-refractivity contribution in [2.45, 2.75) is 39.2 Å². The van der Waals surface area contributed by atoms with Crippen molar-refractivity contribution in [2.75, 3.05) is 18.5 Å². The van der Waals surface area contributed by atoms with Gasteiger partial charge in [0.05, 0.1) is 17.0 Å². The van der Waals surface area contributed by atoms with Crippen LogP contribution in [0.4, 0.5) is 19.3 Å². The van der Waals surface area contributed by atoms with E-state index in [2.05, 4.69) is 21.2 Å². The molecule has 1 aliphatic heterocycles. The van der Waals surface area contributed by atoms with Crippen LogP contribution in [0.5, 0.6) is 0 Å². The molecular weight excluding hydrogens is 398 g/mol. The summed E-state index contributed by atoms with van der Waals surface area (Å²) in [6.07, 6.45) is 1.79. The second kappa shape index (κ2) is 8.60. The molecule has 1 saturated heterocycles. The first kappa shape index (κ1) is 19.6. The minimum absolute atomic E-state index is 0.0663. The van der Waals surface area contributed by atoms with Gasteiger partial charge in [0.25, 0.3) is 0 Å². The topological polar surface area (TPSA) is 58.6 Å². The zero-order valence-corrected chi connectivity index (χ0v) is 15.7. The third kappa shape index (κ3) is 4.68. The molecule has 0 bridgehead atoms. The predicted octanol–water partition coefficient (Wildman–Crippen LogP) is 4.31. The van der Waals surface area contributed by atoms with Crippen LogP contribution < -0.4 is 5.32 Å². The first-order valence-electron chi connectivity index (χ1n) is 8.24. The number of hydrogen-bond acceptors (Lipinski definition) is 3. The van der Waals surface area contributed by atoms with E-state index >= 15 is 0 Å². The number of anilines is 1. The maximum absolute atomic E-state index is 13.4. The van der Waals surface area contributed by atoms with E-state index in [1.165, 1.54) is 11.0 Å². The lowest BCUT2D eigenvalue weighted by Crippen LogP contribution is -2.39. The fraction of sp³-hybridized carbons (Fsp3) is 0.529. The Hall–Kier alpha value is -1.70. The van der Waals surface area contributed by atoms with Gasteiger partial charge in [-0.15, -0.1) is 0 Å². The highest BCUT2D eigenvalue weighted by Gasteiger charge is 2.39. The number of benzene rings is 1. The highest BCUT2D eigenvalue weighted by molar-refractivity contribution is 9.10. The number of ether oxygens (including phenoxy) is 1. The summed E-state index contributed by atoms with van der Waals surface area (Å²) in [6, 6.07) is 1.89. The number of hydrogen-bond donors (Lipinski definition) is 1. The van der Waals surface area contributed by atoms with E-state index in [9.17, 15) is 18.4 Å². The van der Waals surface area contributed by atoms with E-state index in [-0.39, 0.29) is 22.1 Å². The van der Waals surface area contributed by atoms with Gasteiger partial charge in [0.2, 0.25) is 5.91 Å². The molecule has 2 atom stereocenters. The van der Waals surface area contributed by atoms with Crippen molar-refractivity contribution in [3.05, 3.63) is 28.2 Å². The van der Waals surface area contributed by atoms with Crippen molar-refractivity contribution < 1.29 is 23.1 Å². The summed E-state index contributed by atoms with van der Waals surface area (Å²) < 4.78 is 31.8. The molecule has 0 spiro atoms. The molecule has 1 aliphatic rings. The molecule has 0 aliphatic carbocycles. The van der Waals surface area contributed by atoms with E-state index in [4.69, 9.17) is 4.74 Å². The molecule has 2 amide bonds. The van der Waals surface area contributed by atoms with Crippen molar-refractivity contribution >= 4 is 33.6 Å². The number of nitrogens with zero attached hydrogens (tertiary/aromatic N) is 1. The van der Waals surface area contributed by atoms with Gasteiger partial charge < -0.3 is 15.0 Å². The van der Waals surface area contributed by atoms with Gasteiger partial charge in [0, 0.05) is 24.3 Å². The van der Waals surface area contributed by atoms with Crippen LogP contribution in [0, 0.1) is 17.6 Å². The van der Waals surface area contributed by atoms with Crippen LogP contribution in [0.1, 0.15) is 33.1 Å². The number of carbonyl (C=O) groups excluding carboxylic acids is 2. The van der Waals surface area contributed by atoms with Gasteiger partial charge in [-0.3, -0.25) is 4.79 Å². The van der Waals surface area contributed by atoms with Crippen molar-refractivity contribution in [2.24, 2.45) is 5.92 Å². The van der Waals surface area contributed by atoms with Crippen LogP contribution >= 0.6 is 15.9 Å². The lowest BCUT2D eigenvalue weighted by molar-refractivity contribution is -0.120. The number of amides is 2. The minimum atomic E-state index is -1.05. The maximum atomic E-state index is 13.4. The zero-order chi connectivity index (χ0) is 18.6. The molecule has 0 unspecified atom stereocenters. The fourth-order valence-electron chi connectivity index (χ4n) is 2.80. The Kier molecular flexibility index (Phi) is 6.75. The summed E-state index contributed by atoms with van der Waals surface area (Å²) in [5, 5.41) is 2.58. The molecule has 25 heavy (non-hydrogen) atoms. The zero-order valence-electron chi connectivity index (χ0n) is 14.2. The maximum Gasteiger partial charge on any atom is 0.410 e. The number of rotatable bonds is 5. The molecule has 0 aromatic heterocycles. The van der Waals surface area contributed by atoms with Crippen LogP contribution in [-0.4, -0.2) is 36.1 Å². The fourth-order valence-corrected chi connectivity index (χ4v) is 3.23. The van der Waals surface area contributed by atoms with Crippen LogP contribution in [0.25, 0.3) is 0 Å². The number of likely N-dealkylation sites (tertiary alicyclic amines) is 1. The Morgan fingerprint density at radius 3 is 2.76 bits per heavy atom. The van der Waals surface area contributed by atoms with Crippen molar-refractivity contribution in [3.8, 4) is 0 Å². The van der Waals surface area contributed by atoms with Gasteiger partial charge in [-0.05, 0) is 41.8 Å². The average Bonchev–Trinajstić information content (AvgIpc) is 2.94.